The zero-order valence-electron chi connectivity index (χ0n) is 12.9. The number of hydrogen-bond donors (Lipinski definition) is 2. The third-order valence-corrected chi connectivity index (χ3v) is 5.95. The zero-order valence-corrected chi connectivity index (χ0v) is 13.9. The Bertz CT molecular complexity index is 193. The SMILES string of the molecule is CCCC[Si](OC)(OC)OCNCCCCCCN. The van der Waals surface area contributed by atoms with Crippen molar-refractivity contribution in [3.05, 3.63) is 0 Å². The molecular weight excluding hydrogens is 260 g/mol. The number of nitrogens with two attached hydrogens (primary N) is 1. The van der Waals surface area contributed by atoms with Gasteiger partial charge in [-0.05, 0) is 32.4 Å². The summed E-state index contributed by atoms with van der Waals surface area (Å²) in [6.45, 7) is 4.43. The summed E-state index contributed by atoms with van der Waals surface area (Å²) in [6.07, 6.45) is 6.91. The van der Waals surface area contributed by atoms with Crippen LogP contribution >= 0.6 is 0 Å². The quantitative estimate of drug-likeness (QED) is 0.292. The Morgan fingerprint density at radius 3 is 2.26 bits per heavy atom. The Balaban J connectivity index is 3.63. The summed E-state index contributed by atoms with van der Waals surface area (Å²) in [7, 11) is 0.933. The number of nitrogens with one attached hydrogen (secondary N) is 1. The lowest BCUT2D eigenvalue weighted by Crippen LogP contribution is -2.46. The lowest BCUT2D eigenvalue weighted by molar-refractivity contribution is 0.0894. The van der Waals surface area contributed by atoms with Crippen LogP contribution in [0, 0.1) is 0 Å². The minimum absolute atomic E-state index is 0.508. The van der Waals surface area contributed by atoms with E-state index in [1.807, 2.05) is 0 Å². The molecule has 0 unspecified atom stereocenters. The van der Waals surface area contributed by atoms with Gasteiger partial charge in [-0.1, -0.05) is 26.2 Å². The monoisotopic (exact) mass is 292 g/mol. The molecule has 0 spiro atoms. The molecule has 116 valence electrons. The summed E-state index contributed by atoms with van der Waals surface area (Å²) >= 11 is 0. The van der Waals surface area contributed by atoms with Gasteiger partial charge in [-0.3, -0.25) is 5.32 Å². The first-order valence-electron chi connectivity index (χ1n) is 7.39. The van der Waals surface area contributed by atoms with Crippen molar-refractivity contribution in [2.24, 2.45) is 5.73 Å². The molecular formula is C13H32N2O3Si. The van der Waals surface area contributed by atoms with E-state index in [0.717, 1.165) is 44.8 Å². The van der Waals surface area contributed by atoms with Crippen molar-refractivity contribution in [1.82, 2.24) is 5.32 Å². The first-order chi connectivity index (χ1) is 9.24. The van der Waals surface area contributed by atoms with Crippen LogP contribution in [0.5, 0.6) is 0 Å². The number of rotatable bonds is 14. The Hall–Kier alpha value is 0.0169. The normalized spacial score (nSPS) is 12.0. The van der Waals surface area contributed by atoms with Gasteiger partial charge in [0.2, 0.25) is 0 Å². The number of hydrogen-bond acceptors (Lipinski definition) is 5. The minimum atomic E-state index is -2.42. The summed E-state index contributed by atoms with van der Waals surface area (Å²) in [6, 6.07) is 0.884. The summed E-state index contributed by atoms with van der Waals surface area (Å²) in [5.74, 6) is 0. The summed E-state index contributed by atoms with van der Waals surface area (Å²) in [5, 5.41) is 3.28. The molecule has 0 bridgehead atoms. The number of unbranched alkanes of at least 4 members (excludes halogenated alkanes) is 4. The molecule has 0 aromatic carbocycles. The maximum Gasteiger partial charge on any atom is 0.501 e. The van der Waals surface area contributed by atoms with Crippen LogP contribution in [0.4, 0.5) is 0 Å². The van der Waals surface area contributed by atoms with Crippen LogP contribution in [-0.4, -0.2) is 42.8 Å². The molecule has 0 aliphatic heterocycles. The Kier molecular flexibility index (Phi) is 13.0. The third kappa shape index (κ3) is 9.54. The Morgan fingerprint density at radius 2 is 1.68 bits per heavy atom. The average molecular weight is 292 g/mol. The topological polar surface area (TPSA) is 65.7 Å². The molecule has 0 radical (unpaired) electrons. The van der Waals surface area contributed by atoms with E-state index in [2.05, 4.69) is 12.2 Å². The second-order valence-electron chi connectivity index (χ2n) is 4.69. The fourth-order valence-electron chi connectivity index (χ4n) is 1.85. The smallest absolute Gasteiger partial charge is 0.377 e. The van der Waals surface area contributed by atoms with E-state index in [-0.39, 0.29) is 0 Å². The van der Waals surface area contributed by atoms with Gasteiger partial charge in [-0.15, -0.1) is 0 Å². The van der Waals surface area contributed by atoms with Crippen molar-refractivity contribution < 1.29 is 13.3 Å². The van der Waals surface area contributed by atoms with Gasteiger partial charge < -0.3 is 19.0 Å². The van der Waals surface area contributed by atoms with Crippen molar-refractivity contribution in [3.63, 3.8) is 0 Å². The summed E-state index contributed by atoms with van der Waals surface area (Å²) in [5.41, 5.74) is 5.45. The van der Waals surface area contributed by atoms with E-state index in [1.165, 1.54) is 12.8 Å². The highest BCUT2D eigenvalue weighted by Crippen LogP contribution is 2.16. The lowest BCUT2D eigenvalue weighted by Gasteiger charge is -2.26. The molecule has 0 aromatic heterocycles. The highest BCUT2D eigenvalue weighted by atomic mass is 28.4. The molecule has 0 fully saturated rings. The standard InChI is InChI=1S/C13H32N2O3Si/c1-4-5-12-19(16-2,17-3)18-13-15-11-9-7-6-8-10-14/h15H,4-14H2,1-3H3. The molecule has 5 nitrogen and oxygen atoms in total. The van der Waals surface area contributed by atoms with E-state index in [9.17, 15) is 0 Å². The van der Waals surface area contributed by atoms with Gasteiger partial charge in [-0.25, -0.2) is 0 Å². The maximum absolute atomic E-state index is 5.82. The first kappa shape index (κ1) is 19.0. The lowest BCUT2D eigenvalue weighted by atomic mass is 10.2. The largest absolute Gasteiger partial charge is 0.501 e. The van der Waals surface area contributed by atoms with Crippen LogP contribution in [0.2, 0.25) is 6.04 Å². The van der Waals surface area contributed by atoms with Crippen molar-refractivity contribution in [2.45, 2.75) is 51.5 Å². The molecule has 0 saturated heterocycles. The molecule has 0 amide bonds. The minimum Gasteiger partial charge on any atom is -0.377 e. The van der Waals surface area contributed by atoms with Crippen molar-refractivity contribution >= 4 is 8.80 Å². The van der Waals surface area contributed by atoms with Crippen molar-refractivity contribution in [1.29, 1.82) is 0 Å². The van der Waals surface area contributed by atoms with E-state index in [1.54, 1.807) is 14.2 Å². The Morgan fingerprint density at radius 1 is 1.00 bits per heavy atom. The third-order valence-electron chi connectivity index (χ3n) is 3.16. The van der Waals surface area contributed by atoms with Gasteiger partial charge >= 0.3 is 8.80 Å². The molecule has 0 aliphatic rings. The zero-order chi connectivity index (χ0) is 14.4. The fourth-order valence-corrected chi connectivity index (χ4v) is 3.92. The second kappa shape index (κ2) is 13.0. The van der Waals surface area contributed by atoms with Crippen LogP contribution in [0.25, 0.3) is 0 Å². The molecule has 6 heteroatoms. The van der Waals surface area contributed by atoms with Crippen LogP contribution in [-0.2, 0) is 13.3 Å². The van der Waals surface area contributed by atoms with Gasteiger partial charge in [0.1, 0.15) is 0 Å². The molecule has 0 aliphatic carbocycles. The Labute approximate surface area is 119 Å². The van der Waals surface area contributed by atoms with Gasteiger partial charge in [-0.2, -0.15) is 0 Å². The van der Waals surface area contributed by atoms with E-state index >= 15 is 0 Å². The summed E-state index contributed by atoms with van der Waals surface area (Å²) < 4.78 is 16.8. The molecule has 19 heavy (non-hydrogen) atoms. The fraction of sp³-hybridized carbons (Fsp3) is 1.00. The molecule has 3 N–H and O–H groups in total. The second-order valence-corrected chi connectivity index (χ2v) is 7.66. The molecule has 0 aromatic rings. The molecule has 0 heterocycles. The van der Waals surface area contributed by atoms with E-state index < -0.39 is 8.80 Å². The molecule has 0 saturated carbocycles. The van der Waals surface area contributed by atoms with Crippen LogP contribution in [0.3, 0.4) is 0 Å². The van der Waals surface area contributed by atoms with E-state index in [4.69, 9.17) is 19.0 Å². The highest BCUT2D eigenvalue weighted by Gasteiger charge is 2.37. The molecule has 0 rings (SSSR count). The van der Waals surface area contributed by atoms with Crippen LogP contribution < -0.4 is 11.1 Å². The van der Waals surface area contributed by atoms with Gasteiger partial charge in [0.15, 0.2) is 0 Å². The predicted molar refractivity (Wildman–Crippen MR) is 81.0 cm³/mol. The van der Waals surface area contributed by atoms with Gasteiger partial charge in [0, 0.05) is 20.3 Å². The van der Waals surface area contributed by atoms with Crippen molar-refractivity contribution in [3.8, 4) is 0 Å². The predicted octanol–water partition coefficient (Wildman–Crippen LogP) is 2.10. The van der Waals surface area contributed by atoms with Crippen LogP contribution in [0.15, 0.2) is 0 Å². The average Bonchev–Trinajstić information content (AvgIpc) is 2.45. The van der Waals surface area contributed by atoms with Crippen LogP contribution in [0.1, 0.15) is 45.4 Å². The first-order valence-corrected chi connectivity index (χ1v) is 9.33. The maximum atomic E-state index is 5.82. The highest BCUT2D eigenvalue weighted by molar-refractivity contribution is 6.60. The van der Waals surface area contributed by atoms with E-state index in [0.29, 0.717) is 6.73 Å². The van der Waals surface area contributed by atoms with Gasteiger partial charge in [0.05, 0.1) is 6.73 Å². The molecule has 0 atom stereocenters. The summed E-state index contributed by atoms with van der Waals surface area (Å²) in [4.78, 5) is 0. The van der Waals surface area contributed by atoms with Crippen molar-refractivity contribution in [2.75, 3.05) is 34.0 Å². The van der Waals surface area contributed by atoms with Gasteiger partial charge in [0.25, 0.3) is 0 Å².